The summed E-state index contributed by atoms with van der Waals surface area (Å²) in [6, 6.07) is 16.8. The Bertz CT molecular complexity index is 926. The summed E-state index contributed by atoms with van der Waals surface area (Å²) in [5, 5.41) is 4.29. The predicted molar refractivity (Wildman–Crippen MR) is 108 cm³/mol. The number of nitrogens with one attached hydrogen (secondary N) is 1. The van der Waals surface area contributed by atoms with Gasteiger partial charge in [-0.15, -0.1) is 0 Å². The minimum absolute atomic E-state index is 0.209. The van der Waals surface area contributed by atoms with E-state index in [0.717, 1.165) is 38.0 Å². The Hall–Kier alpha value is -2.75. The molecule has 1 amide bonds. The first-order valence-electron chi connectivity index (χ1n) is 9.72. The molecule has 4 rings (SSSR count). The molecule has 1 aromatic heterocycles. The number of nitrogens with zero attached hydrogens (tertiary/aromatic N) is 1. The number of aryl methyl sites for hydroxylation is 2. The maximum atomic E-state index is 11.9. The topological polar surface area (TPSA) is 43.3 Å². The smallest absolute Gasteiger partial charge is 0.223 e. The van der Waals surface area contributed by atoms with Crippen molar-refractivity contribution in [3.05, 3.63) is 65.9 Å². The molecule has 0 atom stereocenters. The Labute approximate surface area is 160 Å². The highest BCUT2D eigenvalue weighted by atomic mass is 16.5. The molecule has 3 aromatic rings. The molecule has 0 bridgehead atoms. The lowest BCUT2D eigenvalue weighted by Crippen LogP contribution is -2.26. The van der Waals surface area contributed by atoms with Crippen molar-refractivity contribution < 1.29 is 9.53 Å². The molecule has 1 N–H and O–H groups in total. The lowest BCUT2D eigenvalue weighted by atomic mass is 10.1. The van der Waals surface area contributed by atoms with Gasteiger partial charge in [0.15, 0.2) is 0 Å². The summed E-state index contributed by atoms with van der Waals surface area (Å²) >= 11 is 0. The van der Waals surface area contributed by atoms with Crippen molar-refractivity contribution in [3.8, 4) is 5.75 Å². The summed E-state index contributed by atoms with van der Waals surface area (Å²) in [6.45, 7) is 1.62. The number of hydrogen-bond acceptors (Lipinski definition) is 2. The van der Waals surface area contributed by atoms with Crippen molar-refractivity contribution in [1.29, 1.82) is 0 Å². The van der Waals surface area contributed by atoms with Gasteiger partial charge in [-0.25, -0.2) is 0 Å². The van der Waals surface area contributed by atoms with E-state index in [1.54, 1.807) is 7.11 Å². The second kappa shape index (κ2) is 7.87. The maximum Gasteiger partial charge on any atom is 0.223 e. The number of hydrogen-bond donors (Lipinski definition) is 1. The summed E-state index contributed by atoms with van der Waals surface area (Å²) in [5.74, 6) is 1.34. The Kier molecular flexibility index (Phi) is 5.14. The second-order valence-electron chi connectivity index (χ2n) is 7.28. The molecule has 0 radical (unpaired) electrons. The molecule has 2 aromatic carbocycles. The van der Waals surface area contributed by atoms with Crippen molar-refractivity contribution >= 4 is 16.8 Å². The summed E-state index contributed by atoms with van der Waals surface area (Å²) in [4.78, 5) is 11.9. The van der Waals surface area contributed by atoms with Crippen LogP contribution < -0.4 is 10.1 Å². The average molecular weight is 362 g/mol. The van der Waals surface area contributed by atoms with Crippen molar-refractivity contribution in [2.45, 2.75) is 32.2 Å². The van der Waals surface area contributed by atoms with E-state index < -0.39 is 0 Å². The third kappa shape index (κ3) is 4.16. The molecule has 0 saturated heterocycles. The van der Waals surface area contributed by atoms with Crippen LogP contribution in [0.2, 0.25) is 0 Å². The predicted octanol–water partition coefficient (Wildman–Crippen LogP) is 3.96. The Morgan fingerprint density at radius 2 is 1.96 bits per heavy atom. The Morgan fingerprint density at radius 3 is 2.70 bits per heavy atom. The van der Waals surface area contributed by atoms with E-state index in [1.807, 2.05) is 6.07 Å². The zero-order chi connectivity index (χ0) is 18.6. The van der Waals surface area contributed by atoms with Crippen molar-refractivity contribution in [3.63, 3.8) is 0 Å². The first-order valence-corrected chi connectivity index (χ1v) is 9.72. The van der Waals surface area contributed by atoms with Gasteiger partial charge in [0, 0.05) is 36.1 Å². The van der Waals surface area contributed by atoms with Gasteiger partial charge < -0.3 is 14.6 Å². The Morgan fingerprint density at radius 1 is 1.15 bits per heavy atom. The van der Waals surface area contributed by atoms with E-state index in [4.69, 9.17) is 4.74 Å². The minimum Gasteiger partial charge on any atom is -0.497 e. The van der Waals surface area contributed by atoms with E-state index in [9.17, 15) is 4.79 Å². The van der Waals surface area contributed by atoms with Crippen molar-refractivity contribution in [1.82, 2.24) is 9.88 Å². The summed E-state index contributed by atoms with van der Waals surface area (Å²) in [7, 11) is 1.70. The molecule has 1 aliphatic rings. The number of benzene rings is 2. The van der Waals surface area contributed by atoms with Crippen LogP contribution in [0.4, 0.5) is 0 Å². The van der Waals surface area contributed by atoms with Gasteiger partial charge in [-0.05, 0) is 55.0 Å². The highest BCUT2D eigenvalue weighted by Crippen LogP contribution is 2.29. The molecule has 1 saturated carbocycles. The molecule has 4 heteroatoms. The van der Waals surface area contributed by atoms with Crippen LogP contribution in [0.3, 0.4) is 0 Å². The van der Waals surface area contributed by atoms with Gasteiger partial charge in [0.1, 0.15) is 5.75 Å². The first kappa shape index (κ1) is 17.7. The van der Waals surface area contributed by atoms with Gasteiger partial charge in [-0.3, -0.25) is 4.79 Å². The van der Waals surface area contributed by atoms with Crippen LogP contribution in [0.1, 0.15) is 24.0 Å². The molecule has 0 spiro atoms. The fourth-order valence-corrected chi connectivity index (χ4v) is 3.57. The molecular formula is C23H26N2O2. The van der Waals surface area contributed by atoms with Gasteiger partial charge in [0.2, 0.25) is 5.91 Å². The van der Waals surface area contributed by atoms with E-state index in [0.29, 0.717) is 6.54 Å². The quantitative estimate of drug-likeness (QED) is 0.659. The Balaban J connectivity index is 1.52. The number of ether oxygens (including phenoxy) is 1. The molecule has 140 valence electrons. The molecule has 1 fully saturated rings. The number of aromatic nitrogens is 1. The first-order chi connectivity index (χ1) is 13.2. The van der Waals surface area contributed by atoms with E-state index in [2.05, 4.69) is 58.5 Å². The molecule has 0 aliphatic heterocycles. The van der Waals surface area contributed by atoms with Crippen LogP contribution in [0.5, 0.6) is 5.75 Å². The van der Waals surface area contributed by atoms with Crippen LogP contribution >= 0.6 is 0 Å². The number of carbonyl (C=O) groups excluding carboxylic acids is 1. The number of amides is 1. The lowest BCUT2D eigenvalue weighted by molar-refractivity contribution is -0.122. The van der Waals surface area contributed by atoms with Gasteiger partial charge in [0.25, 0.3) is 0 Å². The SMILES string of the molecule is COc1ccc2c(c1)c(CCNC(=O)C1CC1)cn2CCc1ccccc1. The van der Waals surface area contributed by atoms with Gasteiger partial charge in [-0.1, -0.05) is 30.3 Å². The molecule has 1 heterocycles. The van der Waals surface area contributed by atoms with Crippen LogP contribution in [0.15, 0.2) is 54.7 Å². The second-order valence-corrected chi connectivity index (χ2v) is 7.28. The van der Waals surface area contributed by atoms with E-state index >= 15 is 0 Å². The third-order valence-electron chi connectivity index (χ3n) is 5.30. The van der Waals surface area contributed by atoms with Gasteiger partial charge >= 0.3 is 0 Å². The standard InChI is InChI=1S/C23H26N2O2/c1-27-20-9-10-22-21(15-20)19(11-13-24-23(26)18-7-8-18)16-25(22)14-12-17-5-3-2-4-6-17/h2-6,9-10,15-16,18H,7-8,11-14H2,1H3,(H,24,26). The highest BCUT2D eigenvalue weighted by Gasteiger charge is 2.29. The zero-order valence-corrected chi connectivity index (χ0v) is 15.8. The molecule has 4 nitrogen and oxygen atoms in total. The minimum atomic E-state index is 0.209. The zero-order valence-electron chi connectivity index (χ0n) is 15.8. The summed E-state index contributed by atoms with van der Waals surface area (Å²) in [6.07, 6.45) is 6.15. The normalized spacial score (nSPS) is 13.7. The highest BCUT2D eigenvalue weighted by molar-refractivity contribution is 5.86. The summed E-state index contributed by atoms with van der Waals surface area (Å²) < 4.78 is 7.74. The molecule has 0 unspecified atom stereocenters. The van der Waals surface area contributed by atoms with E-state index in [1.165, 1.54) is 22.0 Å². The van der Waals surface area contributed by atoms with Crippen LogP contribution in [-0.2, 0) is 24.2 Å². The number of methoxy groups -OCH3 is 1. The fourth-order valence-electron chi connectivity index (χ4n) is 3.57. The number of carbonyl (C=O) groups is 1. The van der Waals surface area contributed by atoms with Crippen molar-refractivity contribution in [2.75, 3.05) is 13.7 Å². The van der Waals surface area contributed by atoms with Gasteiger partial charge in [0.05, 0.1) is 7.11 Å². The number of fused-ring (bicyclic) bond motifs is 1. The average Bonchev–Trinajstić information content (AvgIpc) is 3.50. The molecule has 1 aliphatic carbocycles. The molecular weight excluding hydrogens is 336 g/mol. The lowest BCUT2D eigenvalue weighted by Gasteiger charge is -2.06. The van der Waals surface area contributed by atoms with Crippen LogP contribution in [0.25, 0.3) is 10.9 Å². The van der Waals surface area contributed by atoms with Crippen LogP contribution in [0, 0.1) is 5.92 Å². The van der Waals surface area contributed by atoms with Gasteiger partial charge in [-0.2, -0.15) is 0 Å². The fraction of sp³-hybridized carbons (Fsp3) is 0.348. The molecule has 27 heavy (non-hydrogen) atoms. The number of rotatable bonds is 8. The summed E-state index contributed by atoms with van der Waals surface area (Å²) in [5.41, 5.74) is 3.81. The van der Waals surface area contributed by atoms with Crippen molar-refractivity contribution in [2.24, 2.45) is 5.92 Å². The van der Waals surface area contributed by atoms with E-state index in [-0.39, 0.29) is 11.8 Å². The third-order valence-corrected chi connectivity index (χ3v) is 5.30. The van der Waals surface area contributed by atoms with Crippen LogP contribution in [-0.4, -0.2) is 24.1 Å². The largest absolute Gasteiger partial charge is 0.497 e. The maximum absolute atomic E-state index is 11.9. The monoisotopic (exact) mass is 362 g/mol.